The molecular formula is C32H40ClN3O6S. The fourth-order valence-corrected chi connectivity index (χ4v) is 6.14. The number of nitrogens with zero attached hydrogens (tertiary/aromatic N) is 2. The lowest BCUT2D eigenvalue weighted by Crippen LogP contribution is -2.53. The van der Waals surface area contributed by atoms with Gasteiger partial charge in [0.05, 0.1) is 24.8 Å². The van der Waals surface area contributed by atoms with Gasteiger partial charge in [-0.3, -0.25) is 13.9 Å². The number of hydrogen-bond donors (Lipinski definition) is 1. The number of anilines is 1. The summed E-state index contributed by atoms with van der Waals surface area (Å²) < 4.78 is 40.0. The van der Waals surface area contributed by atoms with E-state index in [9.17, 15) is 18.0 Å². The fourth-order valence-electron chi connectivity index (χ4n) is 4.51. The number of aryl methyl sites for hydroxylation is 1. The van der Waals surface area contributed by atoms with Crippen LogP contribution in [0.15, 0.2) is 71.6 Å². The number of benzene rings is 3. The second kappa shape index (κ2) is 15.1. The van der Waals surface area contributed by atoms with E-state index in [2.05, 4.69) is 5.32 Å². The van der Waals surface area contributed by atoms with Gasteiger partial charge in [0, 0.05) is 23.7 Å². The normalized spacial score (nSPS) is 12.6. The van der Waals surface area contributed by atoms with E-state index in [0.29, 0.717) is 34.9 Å². The summed E-state index contributed by atoms with van der Waals surface area (Å²) in [5, 5.41) is 3.40. The van der Waals surface area contributed by atoms with Crippen molar-refractivity contribution in [3.8, 4) is 11.5 Å². The number of amides is 2. The Hall–Kier alpha value is -3.76. The zero-order valence-corrected chi connectivity index (χ0v) is 27.0. The summed E-state index contributed by atoms with van der Waals surface area (Å²) in [7, 11) is -1.42. The third-order valence-electron chi connectivity index (χ3n) is 7.23. The zero-order valence-electron chi connectivity index (χ0n) is 25.5. The molecule has 0 aliphatic heterocycles. The van der Waals surface area contributed by atoms with Crippen molar-refractivity contribution in [1.29, 1.82) is 0 Å². The van der Waals surface area contributed by atoms with Crippen molar-refractivity contribution in [2.24, 2.45) is 0 Å². The molecule has 9 nitrogen and oxygen atoms in total. The predicted octanol–water partition coefficient (Wildman–Crippen LogP) is 5.58. The van der Waals surface area contributed by atoms with Crippen molar-refractivity contribution in [3.05, 3.63) is 82.9 Å². The molecule has 0 unspecified atom stereocenters. The number of carbonyl (C=O) groups is 2. The molecule has 0 aliphatic carbocycles. The van der Waals surface area contributed by atoms with Crippen LogP contribution in [0, 0.1) is 6.92 Å². The first-order valence-electron chi connectivity index (χ1n) is 14.1. The van der Waals surface area contributed by atoms with Crippen molar-refractivity contribution in [1.82, 2.24) is 10.2 Å². The third-order valence-corrected chi connectivity index (χ3v) is 9.37. The van der Waals surface area contributed by atoms with E-state index in [4.69, 9.17) is 21.1 Å². The first-order valence-corrected chi connectivity index (χ1v) is 15.9. The Morgan fingerprint density at radius 2 is 1.58 bits per heavy atom. The van der Waals surface area contributed by atoms with Crippen LogP contribution in [0.3, 0.4) is 0 Å². The fraction of sp³-hybridized carbons (Fsp3) is 0.375. The lowest BCUT2D eigenvalue weighted by molar-refractivity contribution is -0.140. The molecule has 0 fully saturated rings. The zero-order chi connectivity index (χ0) is 31.7. The molecule has 0 aromatic heterocycles. The van der Waals surface area contributed by atoms with Crippen LogP contribution in [0.5, 0.6) is 11.5 Å². The van der Waals surface area contributed by atoms with Gasteiger partial charge in [-0.2, -0.15) is 0 Å². The molecule has 232 valence electrons. The summed E-state index contributed by atoms with van der Waals surface area (Å²) >= 11 is 6.46. The second-order valence-corrected chi connectivity index (χ2v) is 12.5. The third kappa shape index (κ3) is 8.20. The van der Waals surface area contributed by atoms with E-state index in [-0.39, 0.29) is 29.1 Å². The highest BCUT2D eigenvalue weighted by atomic mass is 35.5. The summed E-state index contributed by atoms with van der Waals surface area (Å²) in [4.78, 5) is 29.0. The van der Waals surface area contributed by atoms with Gasteiger partial charge < -0.3 is 19.7 Å². The number of rotatable bonds is 14. The smallest absolute Gasteiger partial charge is 0.264 e. The molecule has 3 aromatic rings. The van der Waals surface area contributed by atoms with Gasteiger partial charge in [-0.25, -0.2) is 8.42 Å². The Labute approximate surface area is 259 Å². The number of ether oxygens (including phenoxy) is 2. The molecule has 2 atom stereocenters. The monoisotopic (exact) mass is 629 g/mol. The Bertz CT molecular complexity index is 1510. The summed E-state index contributed by atoms with van der Waals surface area (Å²) in [6, 6.07) is 17.2. The molecule has 0 spiro atoms. The highest BCUT2D eigenvalue weighted by Gasteiger charge is 2.34. The highest BCUT2D eigenvalue weighted by Crippen LogP contribution is 2.32. The molecule has 0 radical (unpaired) electrons. The molecule has 0 saturated carbocycles. The molecular weight excluding hydrogens is 590 g/mol. The summed E-state index contributed by atoms with van der Waals surface area (Å²) in [5.74, 6) is -0.284. The number of carbonyl (C=O) groups excluding carboxylic acids is 2. The van der Waals surface area contributed by atoms with Gasteiger partial charge in [0.2, 0.25) is 11.8 Å². The predicted molar refractivity (Wildman–Crippen MR) is 169 cm³/mol. The molecule has 11 heteroatoms. The highest BCUT2D eigenvalue weighted by molar-refractivity contribution is 7.92. The van der Waals surface area contributed by atoms with Crippen molar-refractivity contribution in [2.45, 2.75) is 64.1 Å². The molecule has 3 aromatic carbocycles. The van der Waals surface area contributed by atoms with Gasteiger partial charge in [-0.05, 0) is 62.6 Å². The SMILES string of the molecule is CC[C@@H](C)NC(=O)[C@H](CC)N(Cc1ccccc1Cl)C(=O)CN(c1ccc(C)cc1)S(=O)(=O)c1ccc(OC)c(OC)c1. The number of sulfonamides is 1. The maximum Gasteiger partial charge on any atom is 0.264 e. The molecule has 43 heavy (non-hydrogen) atoms. The van der Waals surface area contributed by atoms with Crippen LogP contribution < -0.4 is 19.1 Å². The van der Waals surface area contributed by atoms with Crippen LogP contribution >= 0.6 is 11.6 Å². The minimum absolute atomic E-state index is 0.0169. The Balaban J connectivity index is 2.10. The minimum atomic E-state index is -4.29. The molecule has 0 bridgehead atoms. The van der Waals surface area contributed by atoms with Crippen LogP contribution in [0.2, 0.25) is 5.02 Å². The van der Waals surface area contributed by atoms with Gasteiger partial charge in [-0.15, -0.1) is 0 Å². The van der Waals surface area contributed by atoms with Crippen molar-refractivity contribution < 1.29 is 27.5 Å². The maximum atomic E-state index is 14.2. The molecule has 0 heterocycles. The van der Waals surface area contributed by atoms with E-state index < -0.39 is 28.5 Å². The topological polar surface area (TPSA) is 105 Å². The second-order valence-electron chi connectivity index (χ2n) is 10.2. The first-order chi connectivity index (χ1) is 20.5. The Morgan fingerprint density at radius 3 is 2.16 bits per heavy atom. The molecule has 0 saturated heterocycles. The van der Waals surface area contributed by atoms with Crippen molar-refractivity contribution in [2.75, 3.05) is 25.1 Å². The number of hydrogen-bond acceptors (Lipinski definition) is 6. The lowest BCUT2D eigenvalue weighted by atomic mass is 10.1. The quantitative estimate of drug-likeness (QED) is 0.250. The molecule has 0 aliphatic rings. The Morgan fingerprint density at radius 1 is 0.930 bits per heavy atom. The molecule has 2 amide bonds. The minimum Gasteiger partial charge on any atom is -0.493 e. The molecule has 1 N–H and O–H groups in total. The summed E-state index contributed by atoms with van der Waals surface area (Å²) in [5.41, 5.74) is 1.85. The first kappa shape index (κ1) is 33.7. The van der Waals surface area contributed by atoms with Crippen molar-refractivity contribution in [3.63, 3.8) is 0 Å². The standard InChI is InChI=1S/C32H40ClN3O6S/c1-7-23(4)34-32(38)28(8-2)35(20-24-11-9-10-12-27(24)33)31(37)21-36(25-15-13-22(3)14-16-25)43(39,40)26-17-18-29(41-5)30(19-26)42-6/h9-19,23,28H,7-8,20-21H2,1-6H3,(H,34,38)/t23-,28+/m1/s1. The molecule has 3 rings (SSSR count). The van der Waals surface area contributed by atoms with Crippen LogP contribution in [0.1, 0.15) is 44.7 Å². The van der Waals surface area contributed by atoms with E-state index in [1.165, 1.54) is 37.3 Å². The van der Waals surface area contributed by atoms with Crippen LogP contribution in [-0.4, -0.2) is 58.0 Å². The van der Waals surface area contributed by atoms with Crippen LogP contribution in [0.25, 0.3) is 0 Å². The van der Waals surface area contributed by atoms with Gasteiger partial charge >= 0.3 is 0 Å². The number of methoxy groups -OCH3 is 2. The van der Waals surface area contributed by atoms with E-state index in [0.717, 1.165) is 9.87 Å². The van der Waals surface area contributed by atoms with Gasteiger partial charge in [-0.1, -0.05) is 61.3 Å². The van der Waals surface area contributed by atoms with Gasteiger partial charge in [0.15, 0.2) is 11.5 Å². The van der Waals surface area contributed by atoms with E-state index >= 15 is 0 Å². The van der Waals surface area contributed by atoms with Crippen molar-refractivity contribution >= 4 is 39.1 Å². The lowest BCUT2D eigenvalue weighted by Gasteiger charge is -2.34. The average molecular weight is 630 g/mol. The largest absolute Gasteiger partial charge is 0.493 e. The van der Waals surface area contributed by atoms with Crippen LogP contribution in [-0.2, 0) is 26.2 Å². The van der Waals surface area contributed by atoms with E-state index in [1.807, 2.05) is 27.7 Å². The van der Waals surface area contributed by atoms with Gasteiger partial charge in [0.1, 0.15) is 12.6 Å². The van der Waals surface area contributed by atoms with E-state index in [1.54, 1.807) is 48.5 Å². The average Bonchev–Trinajstić information content (AvgIpc) is 3.00. The number of nitrogens with one attached hydrogen (secondary N) is 1. The van der Waals surface area contributed by atoms with Crippen LogP contribution in [0.4, 0.5) is 5.69 Å². The summed E-state index contributed by atoms with van der Waals surface area (Å²) in [6.07, 6.45) is 1.02. The van der Waals surface area contributed by atoms with Gasteiger partial charge in [0.25, 0.3) is 10.0 Å². The Kier molecular flexibility index (Phi) is 11.9. The summed E-state index contributed by atoms with van der Waals surface area (Å²) in [6.45, 7) is 7.00. The number of halogens is 1. The maximum absolute atomic E-state index is 14.2.